The number of methoxy groups -OCH3 is 1. The second-order valence-electron chi connectivity index (χ2n) is 4.07. The van der Waals surface area contributed by atoms with Gasteiger partial charge in [-0.15, -0.1) is 0 Å². The molecule has 1 aromatic rings. The summed E-state index contributed by atoms with van der Waals surface area (Å²) in [6, 6.07) is 7.07. The minimum atomic E-state index is 0.371. The lowest BCUT2D eigenvalue weighted by Crippen LogP contribution is -2.48. The van der Waals surface area contributed by atoms with E-state index in [-0.39, 0.29) is 0 Å². The molecule has 0 amide bonds. The number of ether oxygens (including phenoxy) is 1. The molecule has 88 valence electrons. The Balaban J connectivity index is 2.22. The van der Waals surface area contributed by atoms with Crippen LogP contribution in [0.25, 0.3) is 0 Å². The smallest absolute Gasteiger partial charge is 0.133 e. The van der Waals surface area contributed by atoms with Crippen molar-refractivity contribution in [3.8, 4) is 5.75 Å². The zero-order valence-electron chi connectivity index (χ0n) is 9.59. The summed E-state index contributed by atoms with van der Waals surface area (Å²) in [6.45, 7) is 4.25. The molecule has 2 rings (SSSR count). The molecule has 0 bridgehead atoms. The van der Waals surface area contributed by atoms with Gasteiger partial charge >= 0.3 is 0 Å². The minimum absolute atomic E-state index is 0.371. The van der Waals surface area contributed by atoms with E-state index in [4.69, 9.17) is 4.74 Å². The largest absolute Gasteiger partial charge is 0.496 e. The van der Waals surface area contributed by atoms with Gasteiger partial charge in [-0.3, -0.25) is 0 Å². The molecule has 1 fully saturated rings. The predicted molar refractivity (Wildman–Crippen MR) is 68.9 cm³/mol. The molecule has 0 aliphatic carbocycles. The standard InChI is InChI=1S/C12H17BrN2O/c1-8-12(15-6-5-14-8)9-3-4-11(16-2)10(13)7-9/h3-4,7-8,12,14-15H,5-6H2,1-2H3. The van der Waals surface area contributed by atoms with E-state index in [9.17, 15) is 0 Å². The number of nitrogens with one attached hydrogen (secondary N) is 2. The maximum Gasteiger partial charge on any atom is 0.133 e. The van der Waals surface area contributed by atoms with E-state index >= 15 is 0 Å². The molecule has 0 saturated carbocycles. The second-order valence-corrected chi connectivity index (χ2v) is 4.92. The topological polar surface area (TPSA) is 33.3 Å². The van der Waals surface area contributed by atoms with Gasteiger partial charge in [0.05, 0.1) is 11.6 Å². The molecule has 2 unspecified atom stereocenters. The van der Waals surface area contributed by atoms with E-state index in [0.717, 1.165) is 23.3 Å². The van der Waals surface area contributed by atoms with Crippen molar-refractivity contribution in [2.45, 2.75) is 19.0 Å². The fraction of sp³-hybridized carbons (Fsp3) is 0.500. The lowest BCUT2D eigenvalue weighted by atomic mass is 9.98. The van der Waals surface area contributed by atoms with Crippen molar-refractivity contribution in [2.75, 3.05) is 20.2 Å². The van der Waals surface area contributed by atoms with Crippen molar-refractivity contribution in [1.82, 2.24) is 10.6 Å². The molecule has 3 nitrogen and oxygen atoms in total. The van der Waals surface area contributed by atoms with E-state index < -0.39 is 0 Å². The number of piperazine rings is 1. The predicted octanol–water partition coefficient (Wildman–Crippen LogP) is 2.08. The summed E-state index contributed by atoms with van der Waals surface area (Å²) in [7, 11) is 1.68. The van der Waals surface area contributed by atoms with E-state index in [2.05, 4.69) is 45.6 Å². The normalized spacial score (nSPS) is 25.4. The summed E-state index contributed by atoms with van der Waals surface area (Å²) in [4.78, 5) is 0. The van der Waals surface area contributed by atoms with Crippen LogP contribution in [0.1, 0.15) is 18.5 Å². The average Bonchev–Trinajstić information content (AvgIpc) is 2.29. The molecular formula is C12H17BrN2O. The average molecular weight is 285 g/mol. The molecule has 16 heavy (non-hydrogen) atoms. The van der Waals surface area contributed by atoms with Gasteiger partial charge in [-0.2, -0.15) is 0 Å². The minimum Gasteiger partial charge on any atom is -0.496 e. The molecule has 2 N–H and O–H groups in total. The highest BCUT2D eigenvalue weighted by Gasteiger charge is 2.22. The van der Waals surface area contributed by atoms with Crippen LogP contribution in [-0.2, 0) is 0 Å². The molecule has 0 aromatic heterocycles. The Morgan fingerprint density at radius 2 is 2.06 bits per heavy atom. The number of hydrogen-bond donors (Lipinski definition) is 2. The van der Waals surface area contributed by atoms with Crippen LogP contribution in [0, 0.1) is 0 Å². The van der Waals surface area contributed by atoms with Gasteiger partial charge in [-0.05, 0) is 40.5 Å². The Hall–Kier alpha value is -0.580. The van der Waals surface area contributed by atoms with Crippen LogP contribution in [-0.4, -0.2) is 26.2 Å². The Morgan fingerprint density at radius 3 is 2.69 bits per heavy atom. The van der Waals surface area contributed by atoms with Gasteiger partial charge in [0.2, 0.25) is 0 Å². The SMILES string of the molecule is COc1ccc(C2NCCNC2C)cc1Br. The van der Waals surface area contributed by atoms with Crippen molar-refractivity contribution in [3.05, 3.63) is 28.2 Å². The molecule has 2 atom stereocenters. The van der Waals surface area contributed by atoms with Crippen molar-refractivity contribution < 1.29 is 4.74 Å². The van der Waals surface area contributed by atoms with Crippen LogP contribution < -0.4 is 15.4 Å². The highest BCUT2D eigenvalue weighted by molar-refractivity contribution is 9.10. The van der Waals surface area contributed by atoms with Gasteiger partial charge in [-0.25, -0.2) is 0 Å². The molecule has 1 heterocycles. The first-order valence-corrected chi connectivity index (χ1v) is 6.32. The van der Waals surface area contributed by atoms with Gasteiger partial charge < -0.3 is 15.4 Å². The Bertz CT molecular complexity index is 370. The van der Waals surface area contributed by atoms with Crippen LogP contribution in [0.15, 0.2) is 22.7 Å². The molecule has 1 aliphatic rings. The Kier molecular flexibility index (Phi) is 3.84. The first-order valence-electron chi connectivity index (χ1n) is 5.52. The highest BCUT2D eigenvalue weighted by atomic mass is 79.9. The zero-order chi connectivity index (χ0) is 11.5. The van der Waals surface area contributed by atoms with E-state index in [1.807, 2.05) is 6.07 Å². The van der Waals surface area contributed by atoms with Crippen molar-refractivity contribution >= 4 is 15.9 Å². The summed E-state index contributed by atoms with van der Waals surface area (Å²) in [5, 5.41) is 7.00. The number of halogens is 1. The summed E-state index contributed by atoms with van der Waals surface area (Å²) in [5.41, 5.74) is 1.28. The lowest BCUT2D eigenvalue weighted by molar-refractivity contribution is 0.345. The van der Waals surface area contributed by atoms with Crippen molar-refractivity contribution in [2.24, 2.45) is 0 Å². The first-order chi connectivity index (χ1) is 7.72. The second kappa shape index (κ2) is 5.17. The fourth-order valence-electron chi connectivity index (χ4n) is 2.10. The van der Waals surface area contributed by atoms with Gasteiger partial charge in [0.1, 0.15) is 5.75 Å². The molecule has 1 saturated heterocycles. The number of benzene rings is 1. The number of rotatable bonds is 2. The van der Waals surface area contributed by atoms with Crippen LogP contribution in [0.4, 0.5) is 0 Å². The number of hydrogen-bond acceptors (Lipinski definition) is 3. The maximum atomic E-state index is 5.23. The van der Waals surface area contributed by atoms with Gasteiger partial charge in [-0.1, -0.05) is 6.07 Å². The van der Waals surface area contributed by atoms with E-state index in [1.54, 1.807) is 7.11 Å². The highest BCUT2D eigenvalue weighted by Crippen LogP contribution is 2.29. The van der Waals surface area contributed by atoms with E-state index in [0.29, 0.717) is 12.1 Å². The van der Waals surface area contributed by atoms with Gasteiger partial charge in [0.25, 0.3) is 0 Å². The summed E-state index contributed by atoms with van der Waals surface area (Å²) in [6.07, 6.45) is 0. The third kappa shape index (κ3) is 2.39. The Morgan fingerprint density at radius 1 is 1.31 bits per heavy atom. The van der Waals surface area contributed by atoms with Crippen LogP contribution >= 0.6 is 15.9 Å². The van der Waals surface area contributed by atoms with E-state index in [1.165, 1.54) is 5.56 Å². The van der Waals surface area contributed by atoms with Crippen LogP contribution in [0.5, 0.6) is 5.75 Å². The summed E-state index contributed by atoms with van der Waals surface area (Å²) >= 11 is 3.52. The third-order valence-electron chi connectivity index (χ3n) is 2.99. The molecule has 1 aromatic carbocycles. The Labute approximate surface area is 105 Å². The lowest BCUT2D eigenvalue weighted by Gasteiger charge is -2.31. The van der Waals surface area contributed by atoms with Gasteiger partial charge in [0.15, 0.2) is 0 Å². The summed E-state index contributed by atoms with van der Waals surface area (Å²) in [5.74, 6) is 0.875. The van der Waals surface area contributed by atoms with Crippen LogP contribution in [0.3, 0.4) is 0 Å². The molecule has 0 radical (unpaired) electrons. The third-order valence-corrected chi connectivity index (χ3v) is 3.61. The van der Waals surface area contributed by atoms with Crippen LogP contribution in [0.2, 0.25) is 0 Å². The molecule has 4 heteroatoms. The van der Waals surface area contributed by atoms with Gasteiger partial charge in [0, 0.05) is 25.2 Å². The zero-order valence-corrected chi connectivity index (χ0v) is 11.2. The molecule has 1 aliphatic heterocycles. The fourth-order valence-corrected chi connectivity index (χ4v) is 2.66. The quantitative estimate of drug-likeness (QED) is 0.873. The first kappa shape index (κ1) is 11.9. The van der Waals surface area contributed by atoms with Crippen molar-refractivity contribution in [3.63, 3.8) is 0 Å². The monoisotopic (exact) mass is 284 g/mol. The summed E-state index contributed by atoms with van der Waals surface area (Å²) < 4.78 is 6.24. The molecule has 0 spiro atoms. The maximum absolute atomic E-state index is 5.23. The van der Waals surface area contributed by atoms with Crippen molar-refractivity contribution in [1.29, 1.82) is 0 Å². The molecular weight excluding hydrogens is 268 g/mol.